The number of carbonyl (C=O) groups is 2. The SMILES string of the molecule is CC1(CN)CCN(C(=O)C2CCCN2C(=O)c2cccs2)C1.Cl. The highest BCUT2D eigenvalue weighted by Gasteiger charge is 2.41. The minimum absolute atomic E-state index is 0. The molecule has 2 saturated heterocycles. The van der Waals surface area contributed by atoms with Crippen molar-refractivity contribution in [3.63, 3.8) is 0 Å². The van der Waals surface area contributed by atoms with Crippen molar-refractivity contribution in [2.75, 3.05) is 26.2 Å². The summed E-state index contributed by atoms with van der Waals surface area (Å²) < 4.78 is 0. The van der Waals surface area contributed by atoms with Crippen molar-refractivity contribution < 1.29 is 9.59 Å². The van der Waals surface area contributed by atoms with Gasteiger partial charge in [0.05, 0.1) is 4.88 Å². The summed E-state index contributed by atoms with van der Waals surface area (Å²) in [5.41, 5.74) is 5.85. The summed E-state index contributed by atoms with van der Waals surface area (Å²) in [6.45, 7) is 4.86. The fraction of sp³-hybridized carbons (Fsp3) is 0.625. The molecular weight excluding hydrogens is 334 g/mol. The molecule has 0 aliphatic carbocycles. The van der Waals surface area contributed by atoms with Crippen molar-refractivity contribution in [1.82, 2.24) is 9.80 Å². The second-order valence-electron chi connectivity index (χ2n) is 6.66. The van der Waals surface area contributed by atoms with E-state index in [2.05, 4.69) is 6.92 Å². The average Bonchev–Trinajstić information content (AvgIpc) is 3.26. The molecule has 23 heavy (non-hydrogen) atoms. The molecule has 0 spiro atoms. The van der Waals surface area contributed by atoms with E-state index in [0.29, 0.717) is 24.5 Å². The van der Waals surface area contributed by atoms with Gasteiger partial charge < -0.3 is 15.5 Å². The summed E-state index contributed by atoms with van der Waals surface area (Å²) in [7, 11) is 0. The van der Waals surface area contributed by atoms with Crippen LogP contribution in [0.3, 0.4) is 0 Å². The quantitative estimate of drug-likeness (QED) is 0.899. The summed E-state index contributed by atoms with van der Waals surface area (Å²) in [6, 6.07) is 3.40. The third-order valence-electron chi connectivity index (χ3n) is 4.89. The van der Waals surface area contributed by atoms with Crippen LogP contribution in [0, 0.1) is 5.41 Å². The Morgan fingerprint density at radius 1 is 1.43 bits per heavy atom. The topological polar surface area (TPSA) is 66.6 Å². The lowest BCUT2D eigenvalue weighted by Gasteiger charge is -2.29. The Morgan fingerprint density at radius 2 is 2.22 bits per heavy atom. The molecule has 2 atom stereocenters. The molecular formula is C16H24ClN3O2S. The zero-order valence-electron chi connectivity index (χ0n) is 13.4. The monoisotopic (exact) mass is 357 g/mol. The van der Waals surface area contributed by atoms with Crippen LogP contribution in [0.4, 0.5) is 0 Å². The molecule has 2 N–H and O–H groups in total. The molecule has 2 amide bonds. The third kappa shape index (κ3) is 3.54. The fourth-order valence-electron chi connectivity index (χ4n) is 3.40. The molecule has 1 aromatic rings. The van der Waals surface area contributed by atoms with E-state index in [-0.39, 0.29) is 35.7 Å². The van der Waals surface area contributed by atoms with Crippen LogP contribution in [0.1, 0.15) is 35.9 Å². The Labute approximate surface area is 147 Å². The first-order valence-corrected chi connectivity index (χ1v) is 8.75. The number of likely N-dealkylation sites (tertiary alicyclic amines) is 2. The van der Waals surface area contributed by atoms with Gasteiger partial charge in [0.15, 0.2) is 0 Å². The van der Waals surface area contributed by atoms with Crippen LogP contribution in [-0.4, -0.2) is 53.8 Å². The second-order valence-corrected chi connectivity index (χ2v) is 7.61. The lowest BCUT2D eigenvalue weighted by molar-refractivity contribution is -0.134. The molecule has 5 nitrogen and oxygen atoms in total. The molecule has 0 bridgehead atoms. The summed E-state index contributed by atoms with van der Waals surface area (Å²) in [5.74, 6) is 0.0891. The molecule has 7 heteroatoms. The predicted octanol–water partition coefficient (Wildman–Crippen LogP) is 1.97. The number of halogens is 1. The summed E-state index contributed by atoms with van der Waals surface area (Å²) >= 11 is 1.43. The zero-order valence-corrected chi connectivity index (χ0v) is 15.0. The van der Waals surface area contributed by atoms with Gasteiger partial charge in [-0.15, -0.1) is 23.7 Å². The third-order valence-corrected chi connectivity index (χ3v) is 5.75. The van der Waals surface area contributed by atoms with Crippen molar-refractivity contribution >= 4 is 35.6 Å². The van der Waals surface area contributed by atoms with Crippen LogP contribution >= 0.6 is 23.7 Å². The largest absolute Gasteiger partial charge is 0.340 e. The standard InChI is InChI=1S/C16H23N3O2S.ClH/c1-16(10-17)6-8-18(11-16)14(20)12-4-2-7-19(12)15(21)13-5-3-9-22-13;/h3,5,9,12H,2,4,6-8,10-11,17H2,1H3;1H. The normalized spacial score (nSPS) is 27.1. The van der Waals surface area contributed by atoms with E-state index in [0.717, 1.165) is 25.8 Å². The van der Waals surface area contributed by atoms with Crippen LogP contribution in [0.2, 0.25) is 0 Å². The first-order chi connectivity index (χ1) is 10.5. The number of rotatable bonds is 3. The van der Waals surface area contributed by atoms with Gasteiger partial charge >= 0.3 is 0 Å². The van der Waals surface area contributed by atoms with Crippen LogP contribution < -0.4 is 5.73 Å². The Kier molecular flexibility index (Phi) is 5.70. The predicted molar refractivity (Wildman–Crippen MR) is 94.0 cm³/mol. The van der Waals surface area contributed by atoms with Crippen LogP contribution in [-0.2, 0) is 4.79 Å². The van der Waals surface area contributed by atoms with Gasteiger partial charge in [0.25, 0.3) is 5.91 Å². The van der Waals surface area contributed by atoms with E-state index in [1.165, 1.54) is 11.3 Å². The Bertz CT molecular complexity index is 566. The summed E-state index contributed by atoms with van der Waals surface area (Å²) in [5, 5.41) is 1.90. The molecule has 2 aliphatic rings. The number of carbonyl (C=O) groups excluding carboxylic acids is 2. The van der Waals surface area contributed by atoms with Gasteiger partial charge in [-0.1, -0.05) is 13.0 Å². The van der Waals surface area contributed by atoms with E-state index in [9.17, 15) is 9.59 Å². The van der Waals surface area contributed by atoms with Gasteiger partial charge in [0, 0.05) is 19.6 Å². The first kappa shape index (κ1) is 18.2. The minimum atomic E-state index is -0.297. The number of nitrogens with two attached hydrogens (primary N) is 1. The van der Waals surface area contributed by atoms with Gasteiger partial charge in [-0.2, -0.15) is 0 Å². The fourth-order valence-corrected chi connectivity index (χ4v) is 4.08. The second kappa shape index (κ2) is 7.20. The number of nitrogens with zero attached hydrogens (tertiary/aromatic N) is 2. The molecule has 3 rings (SSSR count). The lowest BCUT2D eigenvalue weighted by atomic mass is 9.90. The minimum Gasteiger partial charge on any atom is -0.340 e. The Balaban J connectivity index is 0.00000192. The lowest BCUT2D eigenvalue weighted by Crippen LogP contribution is -2.47. The van der Waals surface area contributed by atoms with E-state index in [1.807, 2.05) is 22.4 Å². The Hall–Kier alpha value is -1.11. The van der Waals surface area contributed by atoms with Crippen LogP contribution in [0.5, 0.6) is 0 Å². The van der Waals surface area contributed by atoms with Crippen molar-refractivity contribution in [2.45, 2.75) is 32.2 Å². The Morgan fingerprint density at radius 3 is 2.83 bits per heavy atom. The maximum absolute atomic E-state index is 12.8. The molecule has 0 radical (unpaired) electrons. The molecule has 128 valence electrons. The highest BCUT2D eigenvalue weighted by Crippen LogP contribution is 2.31. The number of thiophene rings is 1. The molecule has 0 aromatic carbocycles. The molecule has 1 aromatic heterocycles. The maximum atomic E-state index is 12.8. The highest BCUT2D eigenvalue weighted by molar-refractivity contribution is 7.12. The zero-order chi connectivity index (χ0) is 15.7. The number of hydrogen-bond acceptors (Lipinski definition) is 4. The molecule has 2 unspecified atom stereocenters. The summed E-state index contributed by atoms with van der Waals surface area (Å²) in [6.07, 6.45) is 2.61. The molecule has 2 aliphatic heterocycles. The van der Waals surface area contributed by atoms with E-state index in [4.69, 9.17) is 5.73 Å². The van der Waals surface area contributed by atoms with Crippen molar-refractivity contribution in [1.29, 1.82) is 0 Å². The van der Waals surface area contributed by atoms with Gasteiger partial charge in [0.2, 0.25) is 5.91 Å². The van der Waals surface area contributed by atoms with Crippen LogP contribution in [0.15, 0.2) is 17.5 Å². The first-order valence-electron chi connectivity index (χ1n) is 7.87. The van der Waals surface area contributed by atoms with Gasteiger partial charge in [-0.05, 0) is 42.7 Å². The van der Waals surface area contributed by atoms with Gasteiger partial charge in [-0.25, -0.2) is 0 Å². The maximum Gasteiger partial charge on any atom is 0.264 e. The highest BCUT2D eigenvalue weighted by atomic mass is 35.5. The molecule has 2 fully saturated rings. The van der Waals surface area contributed by atoms with E-state index >= 15 is 0 Å². The van der Waals surface area contributed by atoms with Crippen molar-refractivity contribution in [3.8, 4) is 0 Å². The number of amides is 2. The van der Waals surface area contributed by atoms with Gasteiger partial charge in [0.1, 0.15) is 6.04 Å². The van der Waals surface area contributed by atoms with Crippen molar-refractivity contribution in [2.24, 2.45) is 11.1 Å². The van der Waals surface area contributed by atoms with E-state index in [1.54, 1.807) is 4.90 Å². The van der Waals surface area contributed by atoms with Crippen LogP contribution in [0.25, 0.3) is 0 Å². The average molecular weight is 358 g/mol. The molecule has 3 heterocycles. The molecule has 0 saturated carbocycles. The smallest absolute Gasteiger partial charge is 0.264 e. The summed E-state index contributed by atoms with van der Waals surface area (Å²) in [4.78, 5) is 29.8. The van der Waals surface area contributed by atoms with Gasteiger partial charge in [-0.3, -0.25) is 9.59 Å². The van der Waals surface area contributed by atoms with Crippen molar-refractivity contribution in [3.05, 3.63) is 22.4 Å². The van der Waals surface area contributed by atoms with E-state index < -0.39 is 0 Å². The number of hydrogen-bond donors (Lipinski definition) is 1.